The molecule has 158 valence electrons. The number of benzene rings is 2. The molecule has 0 bridgehead atoms. The van der Waals surface area contributed by atoms with Crippen LogP contribution >= 0.6 is 0 Å². The predicted molar refractivity (Wildman–Crippen MR) is 115 cm³/mol. The zero-order valence-electron chi connectivity index (χ0n) is 17.5. The van der Waals surface area contributed by atoms with Gasteiger partial charge in [-0.2, -0.15) is 5.10 Å². The van der Waals surface area contributed by atoms with E-state index in [4.69, 9.17) is 14.2 Å². The predicted octanol–water partition coefficient (Wildman–Crippen LogP) is 3.38. The lowest BCUT2D eigenvalue weighted by Crippen LogP contribution is -2.19. The largest absolute Gasteiger partial charge is 0.497 e. The summed E-state index contributed by atoms with van der Waals surface area (Å²) in [6.45, 7) is 1.76. The molecule has 0 fully saturated rings. The van der Waals surface area contributed by atoms with E-state index >= 15 is 0 Å². The van der Waals surface area contributed by atoms with Crippen molar-refractivity contribution >= 4 is 17.2 Å². The van der Waals surface area contributed by atoms with Crippen LogP contribution in [0.25, 0.3) is 16.8 Å². The number of aromatic nitrogens is 4. The summed E-state index contributed by atoms with van der Waals surface area (Å²) in [5, 5.41) is 15.7. The van der Waals surface area contributed by atoms with Crippen LogP contribution in [0.15, 0.2) is 48.7 Å². The summed E-state index contributed by atoms with van der Waals surface area (Å²) in [5.74, 6) is 1.35. The molecule has 2 aromatic heterocycles. The van der Waals surface area contributed by atoms with Gasteiger partial charge in [-0.1, -0.05) is 18.2 Å². The Hall–Kier alpha value is -4.14. The standard InChI is InChI=1S/C22H21N5O4/c1-13-20(22(28)24-17-11-14(29-2)9-10-19(17)31-4)25-26-21-16(12-23-27(13)21)15-7-5-6-8-18(15)30-3/h5-12H,1-4H3,(H,24,28). The lowest BCUT2D eigenvalue weighted by molar-refractivity contribution is 0.101. The van der Waals surface area contributed by atoms with Crippen molar-refractivity contribution in [2.45, 2.75) is 6.92 Å². The molecule has 0 saturated heterocycles. The van der Waals surface area contributed by atoms with Crippen LogP contribution in [0, 0.1) is 6.92 Å². The molecular weight excluding hydrogens is 398 g/mol. The highest BCUT2D eigenvalue weighted by Crippen LogP contribution is 2.32. The van der Waals surface area contributed by atoms with E-state index in [0.717, 1.165) is 11.1 Å². The van der Waals surface area contributed by atoms with Gasteiger partial charge < -0.3 is 19.5 Å². The Labute approximate surface area is 178 Å². The second-order valence-corrected chi connectivity index (χ2v) is 6.65. The lowest BCUT2D eigenvalue weighted by Gasteiger charge is -2.12. The maximum absolute atomic E-state index is 13.0. The van der Waals surface area contributed by atoms with E-state index in [-0.39, 0.29) is 5.69 Å². The Morgan fingerprint density at radius 1 is 0.935 bits per heavy atom. The average Bonchev–Trinajstić information content (AvgIpc) is 3.24. The van der Waals surface area contributed by atoms with Gasteiger partial charge in [-0.25, -0.2) is 4.52 Å². The number of nitrogens with one attached hydrogen (secondary N) is 1. The van der Waals surface area contributed by atoms with E-state index < -0.39 is 5.91 Å². The monoisotopic (exact) mass is 419 g/mol. The third-order valence-corrected chi connectivity index (χ3v) is 4.92. The molecule has 2 aromatic carbocycles. The van der Waals surface area contributed by atoms with E-state index in [1.54, 1.807) is 50.1 Å². The molecule has 2 heterocycles. The molecule has 0 spiro atoms. The van der Waals surface area contributed by atoms with Crippen molar-refractivity contribution in [2.75, 3.05) is 26.6 Å². The summed E-state index contributed by atoms with van der Waals surface area (Å²) in [4.78, 5) is 13.0. The molecule has 1 amide bonds. The first kappa shape index (κ1) is 20.1. The first-order valence-electron chi connectivity index (χ1n) is 9.45. The maximum Gasteiger partial charge on any atom is 0.278 e. The number of methoxy groups -OCH3 is 3. The van der Waals surface area contributed by atoms with E-state index in [1.807, 2.05) is 24.3 Å². The van der Waals surface area contributed by atoms with E-state index in [1.165, 1.54) is 7.11 Å². The van der Waals surface area contributed by atoms with Gasteiger partial charge >= 0.3 is 0 Å². The van der Waals surface area contributed by atoms with Crippen LogP contribution in [0.2, 0.25) is 0 Å². The highest BCUT2D eigenvalue weighted by Gasteiger charge is 2.20. The summed E-state index contributed by atoms with van der Waals surface area (Å²) in [6.07, 6.45) is 1.68. The molecular formula is C22H21N5O4. The zero-order chi connectivity index (χ0) is 22.0. The second-order valence-electron chi connectivity index (χ2n) is 6.65. The summed E-state index contributed by atoms with van der Waals surface area (Å²) in [6, 6.07) is 12.7. The van der Waals surface area contributed by atoms with E-state index in [0.29, 0.717) is 34.3 Å². The van der Waals surface area contributed by atoms with E-state index in [9.17, 15) is 4.79 Å². The van der Waals surface area contributed by atoms with Crippen LogP contribution in [-0.2, 0) is 0 Å². The Morgan fingerprint density at radius 2 is 1.71 bits per heavy atom. The molecule has 0 atom stereocenters. The number of anilines is 1. The van der Waals surface area contributed by atoms with Gasteiger partial charge in [0.25, 0.3) is 5.91 Å². The van der Waals surface area contributed by atoms with Crippen molar-refractivity contribution in [2.24, 2.45) is 0 Å². The van der Waals surface area contributed by atoms with Crippen LogP contribution < -0.4 is 19.5 Å². The molecule has 9 nitrogen and oxygen atoms in total. The molecule has 0 saturated carbocycles. The van der Waals surface area contributed by atoms with Crippen molar-refractivity contribution in [1.29, 1.82) is 0 Å². The Balaban J connectivity index is 1.72. The number of nitrogens with zero attached hydrogens (tertiary/aromatic N) is 4. The first-order chi connectivity index (χ1) is 15.1. The molecule has 1 N–H and O–H groups in total. The Morgan fingerprint density at radius 3 is 2.45 bits per heavy atom. The number of para-hydroxylation sites is 1. The molecule has 0 aliphatic carbocycles. The summed E-state index contributed by atoms with van der Waals surface area (Å²) in [5.41, 5.74) is 3.28. The lowest BCUT2D eigenvalue weighted by atomic mass is 10.1. The number of hydrogen-bond donors (Lipinski definition) is 1. The van der Waals surface area contributed by atoms with Gasteiger partial charge in [0.05, 0.1) is 44.5 Å². The highest BCUT2D eigenvalue weighted by atomic mass is 16.5. The van der Waals surface area contributed by atoms with Gasteiger partial charge in [0.15, 0.2) is 11.3 Å². The number of hydrogen-bond acceptors (Lipinski definition) is 7. The number of carbonyl (C=O) groups excluding carboxylic acids is 1. The van der Waals surface area contributed by atoms with Gasteiger partial charge in [0.2, 0.25) is 0 Å². The first-order valence-corrected chi connectivity index (χ1v) is 9.45. The summed E-state index contributed by atoms with van der Waals surface area (Å²) < 4.78 is 17.6. The second kappa shape index (κ2) is 8.31. The van der Waals surface area contributed by atoms with Crippen LogP contribution in [0.1, 0.15) is 16.2 Å². The minimum absolute atomic E-state index is 0.145. The number of carbonyl (C=O) groups is 1. The average molecular weight is 419 g/mol. The third-order valence-electron chi connectivity index (χ3n) is 4.92. The molecule has 0 unspecified atom stereocenters. The Kier molecular flexibility index (Phi) is 5.40. The number of amides is 1. The van der Waals surface area contributed by atoms with Crippen molar-refractivity contribution in [3.63, 3.8) is 0 Å². The smallest absolute Gasteiger partial charge is 0.278 e. The molecule has 0 radical (unpaired) electrons. The summed E-state index contributed by atoms with van der Waals surface area (Å²) in [7, 11) is 4.68. The van der Waals surface area contributed by atoms with Crippen molar-refractivity contribution in [1.82, 2.24) is 19.8 Å². The van der Waals surface area contributed by atoms with Gasteiger partial charge in [-0.3, -0.25) is 4.79 Å². The fourth-order valence-corrected chi connectivity index (χ4v) is 3.31. The number of rotatable bonds is 6. The Bertz CT molecular complexity index is 1270. The van der Waals surface area contributed by atoms with Gasteiger partial charge in [0.1, 0.15) is 17.2 Å². The van der Waals surface area contributed by atoms with Gasteiger partial charge in [0, 0.05) is 11.6 Å². The number of fused-ring (bicyclic) bond motifs is 1. The maximum atomic E-state index is 13.0. The highest BCUT2D eigenvalue weighted by molar-refractivity contribution is 6.04. The third kappa shape index (κ3) is 3.61. The van der Waals surface area contributed by atoms with E-state index in [2.05, 4.69) is 20.6 Å². The number of aryl methyl sites for hydroxylation is 1. The SMILES string of the molecule is COc1ccc(OC)c(NC(=O)c2nnc3c(-c4ccccc4OC)cnn3c2C)c1. The van der Waals surface area contributed by atoms with Crippen LogP contribution in [0.4, 0.5) is 5.69 Å². The molecule has 4 rings (SSSR count). The molecule has 0 aliphatic rings. The summed E-state index contributed by atoms with van der Waals surface area (Å²) >= 11 is 0. The van der Waals surface area contributed by atoms with Gasteiger partial charge in [-0.15, -0.1) is 10.2 Å². The van der Waals surface area contributed by atoms with Crippen molar-refractivity contribution < 1.29 is 19.0 Å². The number of ether oxygens (including phenoxy) is 3. The minimum atomic E-state index is -0.437. The zero-order valence-corrected chi connectivity index (χ0v) is 17.5. The van der Waals surface area contributed by atoms with Crippen molar-refractivity contribution in [3.05, 3.63) is 60.0 Å². The van der Waals surface area contributed by atoms with Gasteiger partial charge in [-0.05, 0) is 25.1 Å². The van der Waals surface area contributed by atoms with Crippen LogP contribution in [-0.4, -0.2) is 47.0 Å². The molecule has 31 heavy (non-hydrogen) atoms. The quantitative estimate of drug-likeness (QED) is 0.511. The van der Waals surface area contributed by atoms with Crippen molar-refractivity contribution in [3.8, 4) is 28.4 Å². The fourth-order valence-electron chi connectivity index (χ4n) is 3.31. The molecule has 9 heteroatoms. The van der Waals surface area contributed by atoms with Crippen LogP contribution in [0.3, 0.4) is 0 Å². The fraction of sp³-hybridized carbons (Fsp3) is 0.182. The normalized spacial score (nSPS) is 10.7. The molecule has 4 aromatic rings. The topological polar surface area (TPSA) is 99.9 Å². The molecule has 0 aliphatic heterocycles. The van der Waals surface area contributed by atoms with Crippen LogP contribution in [0.5, 0.6) is 17.2 Å². The minimum Gasteiger partial charge on any atom is -0.497 e.